The Morgan fingerprint density at radius 1 is 1.03 bits per heavy atom. The van der Waals surface area contributed by atoms with Crippen molar-refractivity contribution in [2.24, 2.45) is 0 Å². The van der Waals surface area contributed by atoms with Gasteiger partial charge < -0.3 is 9.47 Å². The van der Waals surface area contributed by atoms with Crippen LogP contribution in [0.2, 0.25) is 0 Å². The van der Waals surface area contributed by atoms with E-state index in [1.807, 2.05) is 0 Å². The number of fused-ring (bicyclic) bond motifs is 1. The molecule has 6 nitrogen and oxygen atoms in total. The van der Waals surface area contributed by atoms with Crippen molar-refractivity contribution < 1.29 is 35.8 Å². The Bertz CT molecular complexity index is 1040. The van der Waals surface area contributed by atoms with Crippen LogP contribution in [0, 0.1) is 0 Å². The van der Waals surface area contributed by atoms with E-state index >= 15 is 0 Å². The van der Waals surface area contributed by atoms with Gasteiger partial charge in [-0.1, -0.05) is 0 Å². The van der Waals surface area contributed by atoms with E-state index in [9.17, 15) is 26.3 Å². The van der Waals surface area contributed by atoms with Gasteiger partial charge in [0.1, 0.15) is 5.75 Å². The molecule has 0 unspecified atom stereocenters. The van der Waals surface area contributed by atoms with Gasteiger partial charge in [0.05, 0.1) is 18.9 Å². The molecule has 0 spiro atoms. The molecule has 3 aromatic rings. The van der Waals surface area contributed by atoms with E-state index in [1.165, 1.54) is 30.3 Å². The number of halogens is 6. The number of hydrogen-bond donors (Lipinski definition) is 0. The summed E-state index contributed by atoms with van der Waals surface area (Å²) in [6, 6.07) is 7.01. The number of rotatable bonds is 4. The zero-order valence-electron chi connectivity index (χ0n) is 14.5. The molecule has 154 valence electrons. The summed E-state index contributed by atoms with van der Waals surface area (Å²) < 4.78 is 87.1. The lowest BCUT2D eigenvalue weighted by atomic mass is 9.91. The van der Waals surface area contributed by atoms with E-state index in [-0.39, 0.29) is 23.0 Å². The van der Waals surface area contributed by atoms with Crippen molar-refractivity contribution in [1.29, 1.82) is 0 Å². The van der Waals surface area contributed by atoms with Crippen LogP contribution in [-0.4, -0.2) is 45.8 Å². The van der Waals surface area contributed by atoms with Crippen LogP contribution >= 0.6 is 0 Å². The predicted molar refractivity (Wildman–Crippen MR) is 86.3 cm³/mol. The minimum atomic E-state index is -4.75. The Balaban J connectivity index is 1.75. The third-order valence-electron chi connectivity index (χ3n) is 4.30. The van der Waals surface area contributed by atoms with E-state index in [0.717, 1.165) is 0 Å². The molecule has 1 aliphatic rings. The van der Waals surface area contributed by atoms with Crippen LogP contribution in [0.4, 0.5) is 26.3 Å². The number of benzene rings is 1. The first-order valence-electron chi connectivity index (χ1n) is 8.33. The smallest absolute Gasteiger partial charge is 0.453 e. The third kappa shape index (κ3) is 3.97. The minimum absolute atomic E-state index is 0.00525. The molecule has 1 aliphatic heterocycles. The van der Waals surface area contributed by atoms with Crippen LogP contribution in [0.5, 0.6) is 5.75 Å². The lowest BCUT2D eigenvalue weighted by Gasteiger charge is -2.28. The van der Waals surface area contributed by atoms with Crippen LogP contribution in [0.1, 0.15) is 17.3 Å². The summed E-state index contributed by atoms with van der Waals surface area (Å²) in [4.78, 5) is 0. The monoisotopic (exact) mass is 418 g/mol. The fraction of sp³-hybridized carbons (Fsp3) is 0.353. The van der Waals surface area contributed by atoms with Crippen molar-refractivity contribution in [2.45, 2.75) is 18.3 Å². The minimum Gasteiger partial charge on any atom is -0.484 e. The molecule has 0 amide bonds. The first kappa shape index (κ1) is 19.4. The van der Waals surface area contributed by atoms with Crippen molar-refractivity contribution in [3.63, 3.8) is 0 Å². The highest BCUT2D eigenvalue weighted by molar-refractivity contribution is 5.67. The maximum Gasteiger partial charge on any atom is 0.453 e. The first-order chi connectivity index (χ1) is 13.6. The number of nitrogens with zero attached hydrogens (tertiary/aromatic N) is 4. The molecule has 4 rings (SSSR count). The van der Waals surface area contributed by atoms with Crippen molar-refractivity contribution in [1.82, 2.24) is 19.8 Å². The van der Waals surface area contributed by atoms with Gasteiger partial charge in [-0.2, -0.15) is 36.0 Å². The second-order valence-electron chi connectivity index (χ2n) is 6.40. The number of hydrogen-bond acceptors (Lipinski definition) is 5. The third-order valence-corrected chi connectivity index (χ3v) is 4.30. The van der Waals surface area contributed by atoms with Crippen LogP contribution in [-0.2, 0) is 10.9 Å². The summed E-state index contributed by atoms with van der Waals surface area (Å²) in [5, 5.41) is 10.6. The van der Waals surface area contributed by atoms with Gasteiger partial charge in [-0.05, 0) is 35.9 Å². The van der Waals surface area contributed by atoms with Gasteiger partial charge in [0.25, 0.3) is 5.82 Å². The molecule has 0 bridgehead atoms. The number of alkyl halides is 6. The highest BCUT2D eigenvalue weighted by Crippen LogP contribution is 2.36. The largest absolute Gasteiger partial charge is 0.484 e. The van der Waals surface area contributed by atoms with Crippen molar-refractivity contribution in [3.8, 4) is 17.0 Å². The fourth-order valence-electron chi connectivity index (χ4n) is 2.89. The van der Waals surface area contributed by atoms with Crippen LogP contribution in [0.3, 0.4) is 0 Å². The van der Waals surface area contributed by atoms with Gasteiger partial charge in [0, 0.05) is 11.5 Å². The summed E-state index contributed by atoms with van der Waals surface area (Å²) in [6.45, 7) is -0.788. The molecule has 1 saturated heterocycles. The Hall–Kier alpha value is -2.89. The second-order valence-corrected chi connectivity index (χ2v) is 6.40. The zero-order chi connectivity index (χ0) is 20.8. The summed E-state index contributed by atoms with van der Waals surface area (Å²) in [5.74, 6) is -1.41. The van der Waals surface area contributed by atoms with Gasteiger partial charge in [-0.3, -0.25) is 0 Å². The summed E-state index contributed by atoms with van der Waals surface area (Å²) in [7, 11) is 0. The average Bonchev–Trinajstić information content (AvgIpc) is 3.01. The molecular formula is C17H12F6N4O2. The molecule has 0 aliphatic carbocycles. The molecule has 0 N–H and O–H groups in total. The van der Waals surface area contributed by atoms with Gasteiger partial charge in [0.15, 0.2) is 12.3 Å². The van der Waals surface area contributed by atoms with Crippen molar-refractivity contribution >= 4 is 5.65 Å². The molecule has 2 aromatic heterocycles. The molecule has 12 heteroatoms. The van der Waals surface area contributed by atoms with Gasteiger partial charge >= 0.3 is 12.4 Å². The summed E-state index contributed by atoms with van der Waals surface area (Å²) >= 11 is 0. The van der Waals surface area contributed by atoms with Crippen molar-refractivity contribution in [3.05, 3.63) is 41.7 Å². The second kappa shape index (κ2) is 6.87. The molecule has 29 heavy (non-hydrogen) atoms. The Morgan fingerprint density at radius 2 is 1.79 bits per heavy atom. The normalized spacial score (nSPS) is 15.5. The summed E-state index contributed by atoms with van der Waals surface area (Å²) in [6.07, 6.45) is -9.24. The van der Waals surface area contributed by atoms with Gasteiger partial charge in [-0.15, -0.1) is 10.2 Å². The van der Waals surface area contributed by atoms with Crippen LogP contribution < -0.4 is 4.74 Å². The Morgan fingerprint density at radius 3 is 2.41 bits per heavy atom. The maximum atomic E-state index is 13.1. The lowest BCUT2D eigenvalue weighted by molar-refractivity contribution is -0.153. The lowest BCUT2D eigenvalue weighted by Crippen LogP contribution is -2.26. The molecule has 3 heterocycles. The van der Waals surface area contributed by atoms with E-state index in [0.29, 0.717) is 28.9 Å². The quantitative estimate of drug-likeness (QED) is 0.603. The Kier molecular flexibility index (Phi) is 4.60. The van der Waals surface area contributed by atoms with E-state index in [4.69, 9.17) is 9.47 Å². The Labute approximate surface area is 159 Å². The summed E-state index contributed by atoms with van der Waals surface area (Å²) in [5.41, 5.74) is 1.14. The molecular weight excluding hydrogens is 406 g/mol. The highest BCUT2D eigenvalue weighted by Gasteiger charge is 2.38. The van der Waals surface area contributed by atoms with E-state index in [2.05, 4.69) is 15.3 Å². The molecule has 0 saturated carbocycles. The van der Waals surface area contributed by atoms with Crippen LogP contribution in [0.25, 0.3) is 16.9 Å². The molecule has 0 atom stereocenters. The maximum absolute atomic E-state index is 13.1. The predicted octanol–water partition coefficient (Wildman–Crippen LogP) is 3.87. The standard InChI is InChI=1S/C17H12F6N4O2/c18-16(19,20)8-29-10-1-2-11(12(5-10)9-6-28-7-9)13-3-4-14-24-25-15(17(21,22)23)27(14)26-13/h1-5,9H,6-8H2. The van der Waals surface area contributed by atoms with E-state index < -0.39 is 24.8 Å². The molecule has 1 aromatic carbocycles. The zero-order valence-corrected chi connectivity index (χ0v) is 14.5. The number of aromatic nitrogens is 4. The van der Waals surface area contributed by atoms with E-state index in [1.54, 1.807) is 0 Å². The number of ether oxygens (including phenoxy) is 2. The van der Waals surface area contributed by atoms with Crippen LogP contribution in [0.15, 0.2) is 30.3 Å². The highest BCUT2D eigenvalue weighted by atomic mass is 19.4. The van der Waals surface area contributed by atoms with Crippen molar-refractivity contribution in [2.75, 3.05) is 19.8 Å². The van der Waals surface area contributed by atoms with Gasteiger partial charge in [0.2, 0.25) is 0 Å². The SMILES string of the molecule is FC(F)(F)COc1ccc(-c2ccc3nnc(C(F)(F)F)n3n2)c(C2COC2)c1. The molecule has 1 fully saturated rings. The fourth-order valence-corrected chi connectivity index (χ4v) is 2.89. The average molecular weight is 418 g/mol. The molecule has 0 radical (unpaired) electrons. The first-order valence-corrected chi connectivity index (χ1v) is 8.33. The topological polar surface area (TPSA) is 61.5 Å². The van der Waals surface area contributed by atoms with Gasteiger partial charge in [-0.25, -0.2) is 0 Å².